The van der Waals surface area contributed by atoms with Gasteiger partial charge in [-0.15, -0.1) is 13.2 Å². The first kappa shape index (κ1) is 33.2. The Morgan fingerprint density at radius 1 is 1.24 bits per heavy atom. The highest BCUT2D eigenvalue weighted by atomic mass is 19.4. The Hall–Kier alpha value is -4.19. The zero-order valence-electron chi connectivity index (χ0n) is 25.9. The molecule has 2 fully saturated rings. The number of halogens is 5. The fraction of sp³-hybridized carbons (Fsp3) is 0.548. The molecular weight excluding hydrogens is 613 g/mol. The minimum Gasteiger partial charge on any atom is -0.463 e. The van der Waals surface area contributed by atoms with E-state index in [0.717, 1.165) is 37.6 Å². The number of para-hydroxylation sites is 1. The van der Waals surface area contributed by atoms with Crippen LogP contribution < -0.4 is 19.3 Å². The number of nitrogens with zero attached hydrogens (tertiary/aromatic N) is 7. The van der Waals surface area contributed by atoms with Gasteiger partial charge in [0.15, 0.2) is 11.6 Å². The van der Waals surface area contributed by atoms with Crippen molar-refractivity contribution in [1.82, 2.24) is 19.8 Å². The van der Waals surface area contributed by atoms with Crippen molar-refractivity contribution in [2.75, 3.05) is 56.7 Å². The van der Waals surface area contributed by atoms with Crippen LogP contribution in [0, 0.1) is 22.6 Å². The molecule has 2 atom stereocenters. The van der Waals surface area contributed by atoms with Crippen LogP contribution in [0.4, 0.5) is 33.5 Å². The fourth-order valence-electron chi connectivity index (χ4n) is 6.33. The number of fused-ring (bicyclic) bond motifs is 1. The summed E-state index contributed by atoms with van der Waals surface area (Å²) in [5.41, 5.74) is 0.727. The first-order valence-corrected chi connectivity index (χ1v) is 15.0. The summed E-state index contributed by atoms with van der Waals surface area (Å²) in [7, 11) is 3.95. The number of hydrogen-bond donors (Lipinski definition) is 0. The summed E-state index contributed by atoms with van der Waals surface area (Å²) in [6.45, 7) is 6.46. The number of rotatable bonds is 10. The van der Waals surface area contributed by atoms with E-state index in [4.69, 9.17) is 9.72 Å². The number of ether oxygens (including phenoxy) is 2. The van der Waals surface area contributed by atoms with E-state index in [1.807, 2.05) is 19.0 Å². The molecule has 0 N–H and O–H groups in total. The molecular formula is C31H36F5N7O3. The lowest BCUT2D eigenvalue weighted by atomic mass is 9.97. The molecule has 3 heterocycles. The Kier molecular flexibility index (Phi) is 9.30. The highest BCUT2D eigenvalue weighted by molar-refractivity contribution is 5.91. The van der Waals surface area contributed by atoms with Crippen molar-refractivity contribution >= 4 is 17.4 Å². The SMILES string of the molecule is C=C(F)C(=O)N1CCN(c2nc(OCC3(CN(C)C)CC3)nc3c2CC(C)N(c2c(F)cccc2OC(F)(F)F)C3)C[C@@H]1CC#N. The Bertz CT molecular complexity index is 1530. The fourth-order valence-corrected chi connectivity index (χ4v) is 6.33. The smallest absolute Gasteiger partial charge is 0.463 e. The van der Waals surface area contributed by atoms with Crippen molar-refractivity contribution in [3.63, 3.8) is 0 Å². The minimum absolute atomic E-state index is 0.0564. The maximum absolute atomic E-state index is 15.2. The van der Waals surface area contributed by atoms with Crippen LogP contribution in [-0.2, 0) is 17.8 Å². The molecule has 1 unspecified atom stereocenters. The molecule has 0 spiro atoms. The molecule has 3 aliphatic rings. The van der Waals surface area contributed by atoms with Crippen molar-refractivity contribution in [3.05, 3.63) is 47.7 Å². The minimum atomic E-state index is -5.03. The predicted molar refractivity (Wildman–Crippen MR) is 158 cm³/mol. The zero-order chi connectivity index (χ0) is 33.4. The lowest BCUT2D eigenvalue weighted by Crippen LogP contribution is -2.56. The maximum atomic E-state index is 15.2. The van der Waals surface area contributed by atoms with Crippen molar-refractivity contribution in [3.8, 4) is 17.8 Å². The van der Waals surface area contributed by atoms with Crippen LogP contribution in [0.25, 0.3) is 0 Å². The Labute approximate surface area is 264 Å². The number of carbonyl (C=O) groups excluding carboxylic acids is 1. The van der Waals surface area contributed by atoms with Crippen molar-refractivity contribution in [1.29, 1.82) is 5.26 Å². The summed E-state index contributed by atoms with van der Waals surface area (Å²) >= 11 is 0. The number of hydrogen-bond acceptors (Lipinski definition) is 9. The topological polar surface area (TPSA) is 98.1 Å². The number of piperazine rings is 1. The third-order valence-electron chi connectivity index (χ3n) is 8.58. The number of nitriles is 1. The van der Waals surface area contributed by atoms with Crippen LogP contribution in [0.2, 0.25) is 0 Å². The summed E-state index contributed by atoms with van der Waals surface area (Å²) < 4.78 is 79.1. The van der Waals surface area contributed by atoms with E-state index in [0.29, 0.717) is 23.7 Å². The van der Waals surface area contributed by atoms with Gasteiger partial charge in [0.25, 0.3) is 5.91 Å². The number of benzene rings is 1. The molecule has 5 rings (SSSR count). The van der Waals surface area contributed by atoms with Gasteiger partial charge in [-0.3, -0.25) is 4.79 Å². The van der Waals surface area contributed by atoms with Gasteiger partial charge in [-0.25, -0.2) is 8.78 Å². The lowest BCUT2D eigenvalue weighted by molar-refractivity contribution is -0.274. The molecule has 0 bridgehead atoms. The third-order valence-corrected chi connectivity index (χ3v) is 8.58. The van der Waals surface area contributed by atoms with E-state index >= 15 is 4.39 Å². The van der Waals surface area contributed by atoms with E-state index in [1.165, 1.54) is 9.80 Å². The second-order valence-electron chi connectivity index (χ2n) is 12.5. The van der Waals surface area contributed by atoms with Crippen LogP contribution in [-0.4, -0.2) is 91.0 Å². The molecule has 10 nitrogen and oxygen atoms in total. The standard InChI is InChI=1S/C31H36F5N7O3/c1-19-14-22-24(16-43(19)26-23(33)6-5-7-25(26)46-31(34,35)36)38-29(45-18-30(9-10-30)17-40(3)4)39-27(22)41-12-13-42(28(44)20(2)32)21(15-41)8-11-37/h5-7,19,21H,2,8-10,12-18H2,1,3-4H3/t19?,21-/m0/s1. The number of alkyl halides is 3. The van der Waals surface area contributed by atoms with Crippen LogP contribution >= 0.6 is 0 Å². The van der Waals surface area contributed by atoms with Gasteiger partial charge in [-0.05, 0) is 52.4 Å². The summed E-state index contributed by atoms with van der Waals surface area (Å²) in [5.74, 6) is -3.05. The Morgan fingerprint density at radius 3 is 2.61 bits per heavy atom. The van der Waals surface area contributed by atoms with E-state index < -0.39 is 41.7 Å². The van der Waals surface area contributed by atoms with Gasteiger partial charge < -0.3 is 29.1 Å². The molecule has 15 heteroatoms. The van der Waals surface area contributed by atoms with Crippen LogP contribution in [0.15, 0.2) is 30.6 Å². The van der Waals surface area contributed by atoms with E-state index in [-0.39, 0.29) is 56.1 Å². The molecule has 0 radical (unpaired) electrons. The van der Waals surface area contributed by atoms with Gasteiger partial charge in [0, 0.05) is 43.2 Å². The van der Waals surface area contributed by atoms with Crippen molar-refractivity contribution in [2.24, 2.45) is 5.41 Å². The molecule has 1 saturated carbocycles. The second kappa shape index (κ2) is 12.9. The lowest BCUT2D eigenvalue weighted by Gasteiger charge is -2.43. The van der Waals surface area contributed by atoms with Crippen molar-refractivity contribution < 1.29 is 36.2 Å². The number of anilines is 2. The van der Waals surface area contributed by atoms with Crippen LogP contribution in [0.5, 0.6) is 11.8 Å². The summed E-state index contributed by atoms with van der Waals surface area (Å²) in [4.78, 5) is 28.7. The Morgan fingerprint density at radius 2 is 1.98 bits per heavy atom. The van der Waals surface area contributed by atoms with Gasteiger partial charge in [-0.1, -0.05) is 12.6 Å². The Balaban J connectivity index is 1.52. The molecule has 248 valence electrons. The van der Waals surface area contributed by atoms with Crippen LogP contribution in [0.1, 0.15) is 37.4 Å². The quantitative estimate of drug-likeness (QED) is 0.270. The highest BCUT2D eigenvalue weighted by Gasteiger charge is 2.44. The van der Waals surface area contributed by atoms with E-state index in [1.54, 1.807) is 6.92 Å². The van der Waals surface area contributed by atoms with E-state index in [9.17, 15) is 27.6 Å². The molecule has 1 aromatic heterocycles. The average molecular weight is 650 g/mol. The number of aromatic nitrogens is 2. The summed E-state index contributed by atoms with van der Waals surface area (Å²) in [6.07, 6.45) is -2.92. The largest absolute Gasteiger partial charge is 0.573 e. The van der Waals surface area contributed by atoms with Gasteiger partial charge in [0.2, 0.25) is 0 Å². The highest BCUT2D eigenvalue weighted by Crippen LogP contribution is 2.46. The van der Waals surface area contributed by atoms with Crippen molar-refractivity contribution in [2.45, 2.75) is 57.6 Å². The first-order valence-electron chi connectivity index (χ1n) is 15.0. The number of amides is 1. The third kappa shape index (κ3) is 7.27. The molecule has 2 aromatic rings. The molecule has 1 saturated heterocycles. The maximum Gasteiger partial charge on any atom is 0.573 e. The molecule has 46 heavy (non-hydrogen) atoms. The number of carbonyl (C=O) groups is 1. The van der Waals surface area contributed by atoms with E-state index in [2.05, 4.69) is 27.3 Å². The normalized spacial score (nSPS) is 20.7. The first-order chi connectivity index (χ1) is 21.7. The van der Waals surface area contributed by atoms with Gasteiger partial charge in [0.1, 0.15) is 17.3 Å². The molecule has 1 aliphatic carbocycles. The second-order valence-corrected chi connectivity index (χ2v) is 12.5. The van der Waals surface area contributed by atoms with Gasteiger partial charge in [-0.2, -0.15) is 15.2 Å². The summed E-state index contributed by atoms with van der Waals surface area (Å²) in [6, 6.07) is 4.24. The zero-order valence-corrected chi connectivity index (χ0v) is 25.9. The molecule has 2 aliphatic heterocycles. The van der Waals surface area contributed by atoms with Crippen LogP contribution in [0.3, 0.4) is 0 Å². The molecule has 1 aromatic carbocycles. The van der Waals surface area contributed by atoms with Gasteiger partial charge >= 0.3 is 12.4 Å². The average Bonchev–Trinajstić information content (AvgIpc) is 3.73. The van der Waals surface area contributed by atoms with Gasteiger partial charge in [0.05, 0.1) is 37.4 Å². The summed E-state index contributed by atoms with van der Waals surface area (Å²) in [5, 5.41) is 9.46. The molecule has 1 amide bonds. The predicted octanol–water partition coefficient (Wildman–Crippen LogP) is 4.60. The monoisotopic (exact) mass is 649 g/mol.